The lowest BCUT2D eigenvalue weighted by Crippen LogP contribution is -2.45. The molecule has 0 bridgehead atoms. The Morgan fingerprint density at radius 3 is 2.30 bits per heavy atom. The summed E-state index contributed by atoms with van der Waals surface area (Å²) < 4.78 is 18.5. The van der Waals surface area contributed by atoms with E-state index < -0.39 is 11.0 Å². The monoisotopic (exact) mass is 633 g/mol. The van der Waals surface area contributed by atoms with E-state index in [0.29, 0.717) is 50.3 Å². The van der Waals surface area contributed by atoms with Crippen LogP contribution < -0.4 is 10.1 Å². The van der Waals surface area contributed by atoms with Crippen molar-refractivity contribution in [2.24, 2.45) is 5.41 Å². The summed E-state index contributed by atoms with van der Waals surface area (Å²) >= 11 is 0. The van der Waals surface area contributed by atoms with Crippen molar-refractivity contribution in [1.82, 2.24) is 14.8 Å². The SMILES string of the molecule is CC.COCC1(C)CC(C)(C)c2c(n(Cc3ccc(OC)cc3)c3ccc(C(=O)NC4CCN(C(=O)OC(C)(C)C)C4)cc23)C1=O. The fourth-order valence-corrected chi connectivity index (χ4v) is 7.00. The Balaban J connectivity index is 0.00000235. The second-order valence-corrected chi connectivity index (χ2v) is 14.2. The average Bonchev–Trinajstić information content (AvgIpc) is 3.59. The Labute approximate surface area is 273 Å². The van der Waals surface area contributed by atoms with Crippen molar-refractivity contribution < 1.29 is 28.6 Å². The molecular weight excluding hydrogens is 582 g/mol. The number of rotatable bonds is 7. The van der Waals surface area contributed by atoms with E-state index in [-0.39, 0.29) is 29.2 Å². The van der Waals surface area contributed by atoms with E-state index in [4.69, 9.17) is 14.2 Å². The van der Waals surface area contributed by atoms with Gasteiger partial charge in [-0.05, 0) is 87.4 Å². The molecule has 2 amide bonds. The maximum absolute atomic E-state index is 14.3. The molecule has 2 aromatic carbocycles. The van der Waals surface area contributed by atoms with Gasteiger partial charge in [0, 0.05) is 49.3 Å². The standard InChI is InChI=1S/C35H45N3O6.C2H6/c1-33(2,3)44-32(41)37-16-15-24(19-37)36-31(40)23-11-14-27-26(17-23)28-29(30(39)35(6,21-42-7)20-34(28,4)5)38(27)18-22-9-12-25(43-8)13-10-22;1-2/h9-14,17,24H,15-16,18-21H2,1-8H3,(H,36,40);1-2H3. The third-order valence-electron chi connectivity index (χ3n) is 8.74. The number of fused-ring (bicyclic) bond motifs is 3. The number of likely N-dealkylation sites (tertiary alicyclic amines) is 1. The van der Waals surface area contributed by atoms with Gasteiger partial charge in [0.25, 0.3) is 5.91 Å². The van der Waals surface area contributed by atoms with E-state index in [1.165, 1.54) is 0 Å². The summed E-state index contributed by atoms with van der Waals surface area (Å²) in [5.74, 6) is 0.617. The molecule has 1 N–H and O–H groups in total. The normalized spacial score (nSPS) is 20.5. The first kappa shape index (κ1) is 35.0. The van der Waals surface area contributed by atoms with Crippen LogP contribution in [-0.2, 0) is 21.4 Å². The number of nitrogens with one attached hydrogen (secondary N) is 1. The maximum atomic E-state index is 14.3. The minimum atomic E-state index is -0.681. The predicted octanol–water partition coefficient (Wildman–Crippen LogP) is 6.98. The second-order valence-electron chi connectivity index (χ2n) is 14.2. The van der Waals surface area contributed by atoms with Crippen LogP contribution in [-0.4, -0.2) is 72.8 Å². The number of ketones is 1. The van der Waals surface area contributed by atoms with Crippen LogP contribution in [0.5, 0.6) is 5.75 Å². The topological polar surface area (TPSA) is 99.1 Å². The molecule has 1 fully saturated rings. The Morgan fingerprint density at radius 1 is 1.02 bits per heavy atom. The van der Waals surface area contributed by atoms with E-state index >= 15 is 0 Å². The highest BCUT2D eigenvalue weighted by Gasteiger charge is 2.49. The van der Waals surface area contributed by atoms with E-state index in [2.05, 4.69) is 23.7 Å². The van der Waals surface area contributed by atoms with Gasteiger partial charge in [0.05, 0.1) is 24.8 Å². The second kappa shape index (κ2) is 13.5. The Morgan fingerprint density at radius 2 is 1.70 bits per heavy atom. The van der Waals surface area contributed by atoms with Gasteiger partial charge >= 0.3 is 6.09 Å². The van der Waals surface area contributed by atoms with E-state index in [1.807, 2.05) is 84.0 Å². The van der Waals surface area contributed by atoms with Crippen LogP contribution in [0.2, 0.25) is 0 Å². The molecule has 2 atom stereocenters. The fraction of sp³-hybridized carbons (Fsp3) is 0.541. The van der Waals surface area contributed by atoms with Crippen molar-refractivity contribution in [3.05, 3.63) is 64.8 Å². The van der Waals surface area contributed by atoms with Gasteiger partial charge in [0.15, 0.2) is 5.78 Å². The lowest BCUT2D eigenvalue weighted by atomic mass is 9.62. The highest BCUT2D eigenvalue weighted by Crippen LogP contribution is 2.50. The van der Waals surface area contributed by atoms with Crippen LogP contribution in [0.25, 0.3) is 10.9 Å². The number of aromatic nitrogens is 1. The van der Waals surface area contributed by atoms with Crippen LogP contribution >= 0.6 is 0 Å². The minimum absolute atomic E-state index is 0.0533. The predicted molar refractivity (Wildman–Crippen MR) is 181 cm³/mol. The third kappa shape index (κ3) is 7.09. The van der Waals surface area contributed by atoms with Crippen molar-refractivity contribution in [2.75, 3.05) is 33.9 Å². The summed E-state index contributed by atoms with van der Waals surface area (Å²) in [6.45, 7) is 17.6. The van der Waals surface area contributed by atoms with Crippen LogP contribution in [0.4, 0.5) is 4.79 Å². The van der Waals surface area contributed by atoms with Gasteiger partial charge in [0.2, 0.25) is 0 Å². The molecule has 0 saturated carbocycles. The number of methoxy groups -OCH3 is 2. The molecule has 3 aromatic rings. The zero-order chi connectivity index (χ0) is 34.0. The summed E-state index contributed by atoms with van der Waals surface area (Å²) in [4.78, 5) is 42.0. The van der Waals surface area contributed by atoms with Crippen molar-refractivity contribution in [3.63, 3.8) is 0 Å². The largest absolute Gasteiger partial charge is 0.497 e. The molecule has 1 saturated heterocycles. The molecule has 0 spiro atoms. The molecule has 2 heterocycles. The molecule has 2 aliphatic rings. The summed E-state index contributed by atoms with van der Waals surface area (Å²) in [6, 6.07) is 13.4. The molecule has 2 unspecified atom stereocenters. The molecule has 9 heteroatoms. The molecule has 0 radical (unpaired) electrons. The Bertz CT molecular complexity index is 1580. The van der Waals surface area contributed by atoms with Gasteiger partial charge in [-0.1, -0.05) is 39.8 Å². The zero-order valence-electron chi connectivity index (χ0n) is 29.2. The highest BCUT2D eigenvalue weighted by atomic mass is 16.6. The maximum Gasteiger partial charge on any atom is 0.410 e. The quantitative estimate of drug-likeness (QED) is 0.302. The fourth-order valence-electron chi connectivity index (χ4n) is 7.00. The number of Topliss-reactive ketones (excluding diaryl/α,β-unsaturated/α-hetero) is 1. The van der Waals surface area contributed by atoms with Crippen LogP contribution in [0.1, 0.15) is 100 Å². The van der Waals surface area contributed by atoms with Gasteiger partial charge in [-0.15, -0.1) is 0 Å². The molecule has 9 nitrogen and oxygen atoms in total. The number of ether oxygens (including phenoxy) is 3. The summed E-state index contributed by atoms with van der Waals surface area (Å²) in [5, 5.41) is 4.02. The summed E-state index contributed by atoms with van der Waals surface area (Å²) in [5.41, 5.74) is 2.49. The Kier molecular flexibility index (Phi) is 10.3. The molecule has 1 aliphatic carbocycles. The number of hydrogen-bond acceptors (Lipinski definition) is 6. The van der Waals surface area contributed by atoms with Crippen LogP contribution in [0.3, 0.4) is 0 Å². The van der Waals surface area contributed by atoms with Gasteiger partial charge in [-0.25, -0.2) is 4.79 Å². The number of amides is 2. The van der Waals surface area contributed by atoms with E-state index in [9.17, 15) is 14.4 Å². The molecule has 250 valence electrons. The van der Waals surface area contributed by atoms with Crippen molar-refractivity contribution in [3.8, 4) is 5.75 Å². The molecule has 46 heavy (non-hydrogen) atoms. The average molecular weight is 634 g/mol. The first-order valence-corrected chi connectivity index (χ1v) is 16.3. The summed E-state index contributed by atoms with van der Waals surface area (Å²) in [7, 11) is 3.27. The minimum Gasteiger partial charge on any atom is -0.497 e. The molecule has 5 rings (SSSR count). The number of hydrogen-bond donors (Lipinski definition) is 1. The van der Waals surface area contributed by atoms with E-state index in [1.54, 1.807) is 19.1 Å². The van der Waals surface area contributed by atoms with Gasteiger partial charge in [-0.2, -0.15) is 0 Å². The lowest BCUT2D eigenvalue weighted by molar-refractivity contribution is 0.0289. The molecule has 1 aliphatic heterocycles. The van der Waals surface area contributed by atoms with E-state index in [0.717, 1.165) is 27.8 Å². The lowest BCUT2D eigenvalue weighted by Gasteiger charge is -2.41. The van der Waals surface area contributed by atoms with Gasteiger partial charge < -0.3 is 29.0 Å². The molecular formula is C37H51N3O6. The van der Waals surface area contributed by atoms with Crippen molar-refractivity contribution in [1.29, 1.82) is 0 Å². The Hall–Kier alpha value is -3.85. The van der Waals surface area contributed by atoms with Crippen LogP contribution in [0, 0.1) is 5.41 Å². The number of carbonyl (C=O) groups excluding carboxylic acids is 3. The number of nitrogens with zero attached hydrogens (tertiary/aromatic N) is 2. The molecule has 1 aromatic heterocycles. The first-order chi connectivity index (χ1) is 21.7. The zero-order valence-corrected chi connectivity index (χ0v) is 29.2. The first-order valence-electron chi connectivity index (χ1n) is 16.3. The highest BCUT2D eigenvalue weighted by molar-refractivity contribution is 6.09. The van der Waals surface area contributed by atoms with Gasteiger partial charge in [0.1, 0.15) is 11.4 Å². The van der Waals surface area contributed by atoms with Gasteiger partial charge in [-0.3, -0.25) is 9.59 Å². The van der Waals surface area contributed by atoms with Crippen LogP contribution in [0.15, 0.2) is 42.5 Å². The summed E-state index contributed by atoms with van der Waals surface area (Å²) in [6.07, 6.45) is 0.911. The smallest absolute Gasteiger partial charge is 0.410 e. The van der Waals surface area contributed by atoms with Crippen molar-refractivity contribution >= 4 is 28.7 Å². The third-order valence-corrected chi connectivity index (χ3v) is 8.74. The van der Waals surface area contributed by atoms with Crippen molar-refractivity contribution in [2.45, 2.75) is 91.8 Å². The number of carbonyl (C=O) groups is 3. The number of benzene rings is 2.